The highest BCUT2D eigenvalue weighted by atomic mass is 16.1. The van der Waals surface area contributed by atoms with Crippen LogP contribution in [-0.2, 0) is 6.54 Å². The third-order valence-electron chi connectivity index (χ3n) is 2.45. The van der Waals surface area contributed by atoms with Crippen LogP contribution in [-0.4, -0.2) is 10.9 Å². The molecule has 0 saturated carbocycles. The molecule has 4 heteroatoms. The molecule has 0 bridgehead atoms. The van der Waals surface area contributed by atoms with Crippen LogP contribution in [0.2, 0.25) is 0 Å². The summed E-state index contributed by atoms with van der Waals surface area (Å²) >= 11 is 0. The van der Waals surface area contributed by atoms with E-state index < -0.39 is 0 Å². The van der Waals surface area contributed by atoms with Crippen LogP contribution in [0.25, 0.3) is 0 Å². The summed E-state index contributed by atoms with van der Waals surface area (Å²) in [4.78, 5) is 15.8. The molecule has 0 atom stereocenters. The summed E-state index contributed by atoms with van der Waals surface area (Å²) in [5.41, 5.74) is 2.02. The van der Waals surface area contributed by atoms with Crippen LogP contribution in [0.4, 0.5) is 0 Å². The molecule has 1 aromatic heterocycles. The molecule has 0 aliphatic heterocycles. The molecule has 2 rings (SSSR count). The average molecular weight is 237 g/mol. The largest absolute Gasteiger partial charge is 0.348 e. The van der Waals surface area contributed by atoms with Crippen molar-refractivity contribution in [1.82, 2.24) is 10.3 Å². The zero-order valence-corrected chi connectivity index (χ0v) is 9.63. The van der Waals surface area contributed by atoms with E-state index in [1.807, 2.05) is 18.2 Å². The van der Waals surface area contributed by atoms with Crippen molar-refractivity contribution in [1.29, 1.82) is 5.26 Å². The molecule has 1 amide bonds. The number of hydrogen-bond donors (Lipinski definition) is 1. The lowest BCUT2D eigenvalue weighted by Gasteiger charge is -2.04. The fourth-order valence-electron chi connectivity index (χ4n) is 1.48. The minimum Gasteiger partial charge on any atom is -0.348 e. The molecule has 0 fully saturated rings. The van der Waals surface area contributed by atoms with Gasteiger partial charge < -0.3 is 5.32 Å². The number of hydrogen-bond acceptors (Lipinski definition) is 3. The number of aromatic nitrogens is 1. The van der Waals surface area contributed by atoms with Gasteiger partial charge in [-0.25, -0.2) is 0 Å². The first-order valence-corrected chi connectivity index (χ1v) is 5.47. The van der Waals surface area contributed by atoms with E-state index in [0.29, 0.717) is 17.7 Å². The Morgan fingerprint density at radius 3 is 2.67 bits per heavy atom. The van der Waals surface area contributed by atoms with E-state index in [0.717, 1.165) is 5.56 Å². The number of nitrogens with zero attached hydrogens (tertiary/aromatic N) is 2. The normalized spacial score (nSPS) is 9.50. The van der Waals surface area contributed by atoms with Crippen LogP contribution >= 0.6 is 0 Å². The quantitative estimate of drug-likeness (QED) is 0.886. The molecular weight excluding hydrogens is 226 g/mol. The number of benzene rings is 1. The molecule has 0 aliphatic carbocycles. The van der Waals surface area contributed by atoms with Gasteiger partial charge in [0, 0.05) is 24.5 Å². The van der Waals surface area contributed by atoms with Crippen LogP contribution in [0.3, 0.4) is 0 Å². The van der Waals surface area contributed by atoms with E-state index in [-0.39, 0.29) is 5.91 Å². The van der Waals surface area contributed by atoms with Crippen LogP contribution in [0.15, 0.2) is 48.8 Å². The lowest BCUT2D eigenvalue weighted by atomic mass is 10.1. The monoisotopic (exact) mass is 237 g/mol. The van der Waals surface area contributed by atoms with Gasteiger partial charge in [-0.2, -0.15) is 5.26 Å². The Labute approximate surface area is 105 Å². The van der Waals surface area contributed by atoms with Crippen LogP contribution in [0.1, 0.15) is 21.5 Å². The molecule has 1 aromatic carbocycles. The van der Waals surface area contributed by atoms with Crippen LogP contribution in [0.5, 0.6) is 0 Å². The molecule has 0 unspecified atom stereocenters. The van der Waals surface area contributed by atoms with E-state index >= 15 is 0 Å². The van der Waals surface area contributed by atoms with E-state index in [4.69, 9.17) is 5.26 Å². The van der Waals surface area contributed by atoms with Crippen molar-refractivity contribution in [3.63, 3.8) is 0 Å². The Morgan fingerprint density at radius 1 is 1.28 bits per heavy atom. The average Bonchev–Trinajstić information content (AvgIpc) is 2.46. The van der Waals surface area contributed by atoms with Gasteiger partial charge in [-0.3, -0.25) is 9.78 Å². The molecule has 88 valence electrons. The summed E-state index contributed by atoms with van der Waals surface area (Å²) in [7, 11) is 0. The predicted octanol–water partition coefficient (Wildman–Crippen LogP) is 1.88. The van der Waals surface area contributed by atoms with Gasteiger partial charge in [0.1, 0.15) is 0 Å². The fourth-order valence-corrected chi connectivity index (χ4v) is 1.48. The first-order chi connectivity index (χ1) is 8.79. The first-order valence-electron chi connectivity index (χ1n) is 5.47. The van der Waals surface area contributed by atoms with E-state index in [1.165, 1.54) is 0 Å². The van der Waals surface area contributed by atoms with E-state index in [9.17, 15) is 4.79 Å². The smallest absolute Gasteiger partial charge is 0.251 e. The second kappa shape index (κ2) is 5.60. The number of rotatable bonds is 3. The van der Waals surface area contributed by atoms with Gasteiger partial charge in [-0.15, -0.1) is 0 Å². The second-order valence-corrected chi connectivity index (χ2v) is 3.73. The highest BCUT2D eigenvalue weighted by Crippen LogP contribution is 2.04. The zero-order chi connectivity index (χ0) is 12.8. The summed E-state index contributed by atoms with van der Waals surface area (Å²) in [6.45, 7) is 0.437. The van der Waals surface area contributed by atoms with E-state index in [1.54, 1.807) is 36.7 Å². The summed E-state index contributed by atoms with van der Waals surface area (Å²) in [6, 6.07) is 12.2. The Balaban J connectivity index is 1.98. The number of carbonyl (C=O) groups is 1. The summed E-state index contributed by atoms with van der Waals surface area (Å²) in [5, 5.41) is 11.5. The zero-order valence-electron chi connectivity index (χ0n) is 9.63. The molecule has 1 heterocycles. The second-order valence-electron chi connectivity index (χ2n) is 3.73. The topological polar surface area (TPSA) is 65.8 Å². The van der Waals surface area contributed by atoms with Crippen molar-refractivity contribution >= 4 is 5.91 Å². The van der Waals surface area contributed by atoms with Gasteiger partial charge in [0.2, 0.25) is 0 Å². The molecule has 2 aromatic rings. The van der Waals surface area contributed by atoms with Gasteiger partial charge in [-0.1, -0.05) is 6.07 Å². The van der Waals surface area contributed by atoms with Gasteiger partial charge in [0.15, 0.2) is 0 Å². The van der Waals surface area contributed by atoms with Crippen LogP contribution in [0, 0.1) is 11.3 Å². The molecule has 4 nitrogen and oxygen atoms in total. The minimum absolute atomic E-state index is 0.164. The summed E-state index contributed by atoms with van der Waals surface area (Å²) < 4.78 is 0. The van der Waals surface area contributed by atoms with Crippen molar-refractivity contribution in [2.45, 2.75) is 6.54 Å². The van der Waals surface area contributed by atoms with Gasteiger partial charge in [0.25, 0.3) is 5.91 Å². The van der Waals surface area contributed by atoms with Crippen molar-refractivity contribution in [3.05, 3.63) is 65.5 Å². The molecule has 18 heavy (non-hydrogen) atoms. The maximum atomic E-state index is 11.8. The van der Waals surface area contributed by atoms with Crippen molar-refractivity contribution < 1.29 is 4.79 Å². The lowest BCUT2D eigenvalue weighted by Crippen LogP contribution is -2.22. The molecule has 1 N–H and O–H groups in total. The summed E-state index contributed by atoms with van der Waals surface area (Å²) in [5.74, 6) is -0.164. The van der Waals surface area contributed by atoms with Crippen molar-refractivity contribution in [2.75, 3.05) is 0 Å². The summed E-state index contributed by atoms with van der Waals surface area (Å²) in [6.07, 6.45) is 3.39. The van der Waals surface area contributed by atoms with Gasteiger partial charge in [0.05, 0.1) is 11.6 Å². The SMILES string of the molecule is N#Cc1ccc(C(=O)NCc2cccnc2)cc1. The third kappa shape index (κ3) is 2.92. The Morgan fingerprint density at radius 2 is 2.06 bits per heavy atom. The predicted molar refractivity (Wildman–Crippen MR) is 66.6 cm³/mol. The van der Waals surface area contributed by atoms with Crippen LogP contribution < -0.4 is 5.32 Å². The molecule has 0 aliphatic rings. The maximum absolute atomic E-state index is 11.8. The number of amides is 1. The minimum atomic E-state index is -0.164. The molecular formula is C14H11N3O. The Kier molecular flexibility index (Phi) is 3.67. The molecule has 0 spiro atoms. The lowest BCUT2D eigenvalue weighted by molar-refractivity contribution is 0.0951. The standard InChI is InChI=1S/C14H11N3O/c15-8-11-3-5-13(6-4-11)14(18)17-10-12-2-1-7-16-9-12/h1-7,9H,10H2,(H,17,18). The third-order valence-corrected chi connectivity index (χ3v) is 2.45. The van der Waals surface area contributed by atoms with E-state index in [2.05, 4.69) is 10.3 Å². The fraction of sp³-hybridized carbons (Fsp3) is 0.0714. The Bertz CT molecular complexity index is 570. The van der Waals surface area contributed by atoms with Gasteiger partial charge >= 0.3 is 0 Å². The number of nitriles is 1. The molecule has 0 saturated heterocycles. The number of pyridine rings is 1. The highest BCUT2D eigenvalue weighted by molar-refractivity contribution is 5.94. The molecule has 0 radical (unpaired) electrons. The number of carbonyl (C=O) groups excluding carboxylic acids is 1. The first kappa shape index (κ1) is 11.8. The van der Waals surface area contributed by atoms with Crippen molar-refractivity contribution in [2.24, 2.45) is 0 Å². The Hall–Kier alpha value is -2.67. The van der Waals surface area contributed by atoms with Gasteiger partial charge in [-0.05, 0) is 35.9 Å². The highest BCUT2D eigenvalue weighted by Gasteiger charge is 2.04. The maximum Gasteiger partial charge on any atom is 0.251 e. The van der Waals surface area contributed by atoms with Crippen molar-refractivity contribution in [3.8, 4) is 6.07 Å². The number of nitrogens with one attached hydrogen (secondary N) is 1.